The van der Waals surface area contributed by atoms with Gasteiger partial charge in [-0.05, 0) is 30.0 Å². The van der Waals surface area contributed by atoms with Gasteiger partial charge in [0.05, 0.1) is 25.5 Å². The first-order valence-electron chi connectivity index (χ1n) is 9.73. The predicted molar refractivity (Wildman–Crippen MR) is 123 cm³/mol. The number of nitrogens with one attached hydrogen (secondary N) is 2. The van der Waals surface area contributed by atoms with Crippen molar-refractivity contribution < 1.29 is 13.9 Å². The van der Waals surface area contributed by atoms with Crippen LogP contribution in [-0.4, -0.2) is 59.1 Å². The molecule has 2 N–H and O–H groups in total. The van der Waals surface area contributed by atoms with Crippen LogP contribution in [0.1, 0.15) is 25.8 Å². The molecule has 0 aliphatic carbocycles. The monoisotopic (exact) mass is 508 g/mol. The first kappa shape index (κ1) is 24.9. The molecule has 28 heavy (non-hydrogen) atoms. The molecule has 1 heterocycles. The fourth-order valence-electron chi connectivity index (χ4n) is 2.79. The molecule has 0 unspecified atom stereocenters. The second kappa shape index (κ2) is 13.9. The first-order chi connectivity index (χ1) is 13.1. The molecule has 0 bridgehead atoms. The normalized spacial score (nSPS) is 14.8. The molecule has 1 aliphatic rings. The van der Waals surface area contributed by atoms with Gasteiger partial charge in [0.25, 0.3) is 0 Å². The highest BCUT2D eigenvalue weighted by Crippen LogP contribution is 2.21. The molecule has 0 aromatic heterocycles. The van der Waals surface area contributed by atoms with E-state index in [-0.39, 0.29) is 29.8 Å². The number of guanidine groups is 1. The number of halogens is 2. The Balaban J connectivity index is 0.00000392. The lowest BCUT2D eigenvalue weighted by Gasteiger charge is -2.29. The zero-order chi connectivity index (χ0) is 19.5. The predicted octanol–water partition coefficient (Wildman–Crippen LogP) is 3.01. The van der Waals surface area contributed by atoms with Crippen molar-refractivity contribution in [2.75, 3.05) is 58.0 Å². The Morgan fingerprint density at radius 3 is 2.64 bits per heavy atom. The van der Waals surface area contributed by atoms with E-state index in [0.29, 0.717) is 50.5 Å². The fourth-order valence-corrected chi connectivity index (χ4v) is 2.79. The van der Waals surface area contributed by atoms with Crippen LogP contribution >= 0.6 is 24.0 Å². The highest BCUT2D eigenvalue weighted by Gasteiger charge is 2.15. The lowest BCUT2D eigenvalue weighted by atomic mass is 10.1. The number of morpholine rings is 1. The lowest BCUT2D eigenvalue weighted by Crippen LogP contribution is -2.38. The molecule has 0 amide bonds. The van der Waals surface area contributed by atoms with Crippen molar-refractivity contribution in [2.45, 2.75) is 26.8 Å². The van der Waals surface area contributed by atoms with Crippen molar-refractivity contribution in [1.29, 1.82) is 0 Å². The minimum Gasteiger partial charge on any atom is -0.380 e. The number of ether oxygens (including phenoxy) is 2. The average molecular weight is 508 g/mol. The summed E-state index contributed by atoms with van der Waals surface area (Å²) >= 11 is 0. The highest BCUT2D eigenvalue weighted by atomic mass is 127. The van der Waals surface area contributed by atoms with Gasteiger partial charge in [-0.3, -0.25) is 4.99 Å². The summed E-state index contributed by atoms with van der Waals surface area (Å²) in [6.07, 6.45) is 1.07. The van der Waals surface area contributed by atoms with Crippen LogP contribution in [0.5, 0.6) is 0 Å². The molecule has 1 fully saturated rings. The Kier molecular flexibility index (Phi) is 12.4. The Labute approximate surface area is 185 Å². The summed E-state index contributed by atoms with van der Waals surface area (Å²) in [5.41, 5.74) is 1.52. The van der Waals surface area contributed by atoms with Crippen LogP contribution in [0.15, 0.2) is 23.2 Å². The smallest absolute Gasteiger partial charge is 0.191 e. The third kappa shape index (κ3) is 8.91. The molecule has 8 heteroatoms. The van der Waals surface area contributed by atoms with Gasteiger partial charge in [-0.2, -0.15) is 0 Å². The van der Waals surface area contributed by atoms with Crippen molar-refractivity contribution in [3.05, 3.63) is 29.6 Å². The maximum atomic E-state index is 14.4. The van der Waals surface area contributed by atoms with Gasteiger partial charge >= 0.3 is 0 Å². The Bertz CT molecular complexity index is 596. The molecule has 0 saturated carbocycles. The van der Waals surface area contributed by atoms with Crippen LogP contribution in [0.25, 0.3) is 0 Å². The summed E-state index contributed by atoms with van der Waals surface area (Å²) < 4.78 is 25.3. The van der Waals surface area contributed by atoms with Gasteiger partial charge in [-0.1, -0.05) is 19.9 Å². The molecule has 2 rings (SSSR count). The zero-order valence-electron chi connectivity index (χ0n) is 17.2. The standard InChI is InChI=1S/C20H33FN4O2.HI/c1-16(2)6-10-26-11-7-23-20(22-3)24-15-17-4-5-19(18(21)14-17)25-8-12-27-13-9-25;/h4-5,14,16H,6-13,15H2,1-3H3,(H2,22,23,24);1H. The van der Waals surface area contributed by atoms with E-state index >= 15 is 0 Å². The van der Waals surface area contributed by atoms with Gasteiger partial charge in [-0.25, -0.2) is 4.39 Å². The van der Waals surface area contributed by atoms with Gasteiger partial charge in [0.2, 0.25) is 0 Å². The van der Waals surface area contributed by atoms with Gasteiger partial charge < -0.3 is 25.0 Å². The van der Waals surface area contributed by atoms with Gasteiger partial charge in [0.15, 0.2) is 5.96 Å². The summed E-state index contributed by atoms with van der Waals surface area (Å²) in [5, 5.41) is 6.41. The zero-order valence-corrected chi connectivity index (χ0v) is 19.5. The van der Waals surface area contributed by atoms with E-state index in [9.17, 15) is 4.39 Å². The van der Waals surface area contributed by atoms with Crippen LogP contribution in [-0.2, 0) is 16.0 Å². The molecular formula is C20H34FIN4O2. The van der Waals surface area contributed by atoms with Crippen molar-refractivity contribution in [3.63, 3.8) is 0 Å². The highest BCUT2D eigenvalue weighted by molar-refractivity contribution is 14.0. The van der Waals surface area contributed by atoms with E-state index in [4.69, 9.17) is 9.47 Å². The van der Waals surface area contributed by atoms with E-state index in [0.717, 1.165) is 31.7 Å². The van der Waals surface area contributed by atoms with Crippen molar-refractivity contribution in [3.8, 4) is 0 Å². The molecule has 160 valence electrons. The first-order valence-corrected chi connectivity index (χ1v) is 9.73. The third-order valence-corrected chi connectivity index (χ3v) is 4.43. The van der Waals surface area contributed by atoms with Crippen molar-refractivity contribution >= 4 is 35.6 Å². The van der Waals surface area contributed by atoms with Gasteiger partial charge in [0.1, 0.15) is 5.82 Å². The van der Waals surface area contributed by atoms with E-state index in [1.807, 2.05) is 17.0 Å². The molecule has 1 aliphatic heterocycles. The van der Waals surface area contributed by atoms with E-state index in [1.54, 1.807) is 13.1 Å². The molecule has 0 spiro atoms. The number of hydrogen-bond donors (Lipinski definition) is 2. The second-order valence-corrected chi connectivity index (χ2v) is 7.03. The molecule has 1 aromatic rings. The van der Waals surface area contributed by atoms with E-state index in [2.05, 4.69) is 29.5 Å². The lowest BCUT2D eigenvalue weighted by molar-refractivity contribution is 0.122. The maximum absolute atomic E-state index is 14.4. The summed E-state index contributed by atoms with van der Waals surface area (Å²) in [4.78, 5) is 6.21. The van der Waals surface area contributed by atoms with Crippen LogP contribution in [0.3, 0.4) is 0 Å². The fraction of sp³-hybridized carbons (Fsp3) is 0.650. The van der Waals surface area contributed by atoms with Crippen LogP contribution in [0, 0.1) is 11.7 Å². The topological polar surface area (TPSA) is 58.1 Å². The maximum Gasteiger partial charge on any atom is 0.191 e. The SMILES string of the molecule is CN=C(NCCOCCC(C)C)NCc1ccc(N2CCOCC2)c(F)c1.I. The van der Waals surface area contributed by atoms with Crippen molar-refractivity contribution in [1.82, 2.24) is 10.6 Å². The quantitative estimate of drug-likeness (QED) is 0.233. The number of hydrogen-bond acceptors (Lipinski definition) is 4. The van der Waals surface area contributed by atoms with E-state index < -0.39 is 0 Å². The number of aliphatic imine (C=N–C) groups is 1. The Morgan fingerprint density at radius 1 is 1.25 bits per heavy atom. The summed E-state index contributed by atoms with van der Waals surface area (Å²) in [5.74, 6) is 1.14. The number of anilines is 1. The van der Waals surface area contributed by atoms with Crippen LogP contribution < -0.4 is 15.5 Å². The Hall–Kier alpha value is -1.13. The molecule has 6 nitrogen and oxygen atoms in total. The van der Waals surface area contributed by atoms with Crippen LogP contribution in [0.4, 0.5) is 10.1 Å². The molecular weight excluding hydrogens is 474 g/mol. The second-order valence-electron chi connectivity index (χ2n) is 7.03. The largest absolute Gasteiger partial charge is 0.380 e. The minimum absolute atomic E-state index is 0. The van der Waals surface area contributed by atoms with E-state index in [1.165, 1.54) is 0 Å². The summed E-state index contributed by atoms with van der Waals surface area (Å²) in [6, 6.07) is 5.37. The van der Waals surface area contributed by atoms with Gasteiger partial charge in [-0.15, -0.1) is 24.0 Å². The van der Waals surface area contributed by atoms with Crippen LogP contribution in [0.2, 0.25) is 0 Å². The van der Waals surface area contributed by atoms with Gasteiger partial charge in [0, 0.05) is 39.8 Å². The number of nitrogens with zero attached hydrogens (tertiary/aromatic N) is 2. The third-order valence-electron chi connectivity index (χ3n) is 4.43. The Morgan fingerprint density at radius 2 is 2.00 bits per heavy atom. The summed E-state index contributed by atoms with van der Waals surface area (Å²) in [7, 11) is 1.72. The average Bonchev–Trinajstić information content (AvgIpc) is 2.67. The number of benzene rings is 1. The van der Waals surface area contributed by atoms with Crippen molar-refractivity contribution in [2.24, 2.45) is 10.9 Å². The molecule has 1 aromatic carbocycles. The molecule has 0 atom stereocenters. The minimum atomic E-state index is -0.197. The number of rotatable bonds is 9. The molecule has 0 radical (unpaired) electrons. The molecule has 1 saturated heterocycles. The summed E-state index contributed by atoms with van der Waals surface area (Å²) in [6.45, 7) is 9.71.